The third kappa shape index (κ3) is 1.30. The van der Waals surface area contributed by atoms with Gasteiger partial charge in [0.05, 0.1) is 0 Å². The van der Waals surface area contributed by atoms with E-state index in [1.54, 1.807) is 5.56 Å². The summed E-state index contributed by atoms with van der Waals surface area (Å²) < 4.78 is 0. The van der Waals surface area contributed by atoms with Gasteiger partial charge in [-0.05, 0) is 62.4 Å². The highest BCUT2D eigenvalue weighted by Crippen LogP contribution is 2.55. The van der Waals surface area contributed by atoms with E-state index in [1.807, 2.05) is 6.20 Å². The molecule has 96 valence electrons. The van der Waals surface area contributed by atoms with Crippen LogP contribution in [0.5, 0.6) is 0 Å². The van der Waals surface area contributed by atoms with Gasteiger partial charge in [0.1, 0.15) is 0 Å². The highest BCUT2D eigenvalue weighted by Gasteiger charge is 2.52. The maximum absolute atomic E-state index is 4.37. The van der Waals surface area contributed by atoms with Gasteiger partial charge in [-0.15, -0.1) is 0 Å². The van der Waals surface area contributed by atoms with Crippen molar-refractivity contribution in [3.05, 3.63) is 29.6 Å². The molecule has 4 rings (SSSR count). The van der Waals surface area contributed by atoms with Crippen molar-refractivity contribution in [2.45, 2.75) is 50.0 Å². The van der Waals surface area contributed by atoms with Gasteiger partial charge in [0.25, 0.3) is 0 Å². The van der Waals surface area contributed by atoms with E-state index in [-0.39, 0.29) is 0 Å². The maximum Gasteiger partial charge on any atom is 0.0303 e. The molecule has 1 aromatic rings. The highest BCUT2D eigenvalue weighted by molar-refractivity contribution is 5.39. The molecule has 2 nitrogen and oxygen atoms in total. The largest absolute Gasteiger partial charge is 0.303 e. The third-order valence-electron chi connectivity index (χ3n) is 5.91. The molecule has 3 aliphatic rings. The van der Waals surface area contributed by atoms with Crippen molar-refractivity contribution in [3.63, 3.8) is 0 Å². The van der Waals surface area contributed by atoms with Gasteiger partial charge in [-0.2, -0.15) is 0 Å². The summed E-state index contributed by atoms with van der Waals surface area (Å²) in [5, 5.41) is 0. The minimum Gasteiger partial charge on any atom is -0.303 e. The first-order valence-electron chi connectivity index (χ1n) is 7.45. The lowest BCUT2D eigenvalue weighted by Gasteiger charge is -2.58. The average Bonchev–Trinajstić information content (AvgIpc) is 2.43. The lowest BCUT2D eigenvalue weighted by molar-refractivity contribution is 0.00272. The van der Waals surface area contributed by atoms with E-state index >= 15 is 0 Å². The Balaban J connectivity index is 1.90. The van der Waals surface area contributed by atoms with Crippen LogP contribution in [0.3, 0.4) is 0 Å². The van der Waals surface area contributed by atoms with E-state index in [9.17, 15) is 0 Å². The standard InChI is InChI=1S/C16H22N2/c1-18-9-7-16-6-3-2-4-14(16)15(18)10-12-11-17-8-5-13(12)16/h5,8,11,14-15H,2-4,6-7,9-10H2,1H3/t14-,15+,16-/m0/s1. The SMILES string of the molecule is CN1CC[C@]23CCCC[C@H]2[C@H]1Cc1cnccc13. The van der Waals surface area contributed by atoms with Gasteiger partial charge < -0.3 is 4.90 Å². The minimum absolute atomic E-state index is 0.506. The van der Waals surface area contributed by atoms with Crippen LogP contribution in [0.15, 0.2) is 18.5 Å². The monoisotopic (exact) mass is 242 g/mol. The first-order valence-corrected chi connectivity index (χ1v) is 7.45. The van der Waals surface area contributed by atoms with Crippen LogP contribution in [0.1, 0.15) is 43.2 Å². The molecule has 0 spiro atoms. The van der Waals surface area contributed by atoms with Crippen molar-refractivity contribution in [1.82, 2.24) is 9.88 Å². The van der Waals surface area contributed by atoms with E-state index in [4.69, 9.17) is 0 Å². The number of likely N-dealkylation sites (tertiary alicyclic amines) is 1. The van der Waals surface area contributed by atoms with Crippen molar-refractivity contribution in [3.8, 4) is 0 Å². The van der Waals surface area contributed by atoms with Crippen LogP contribution >= 0.6 is 0 Å². The highest BCUT2D eigenvalue weighted by atomic mass is 15.1. The molecule has 2 heterocycles. The van der Waals surface area contributed by atoms with E-state index < -0.39 is 0 Å². The molecule has 1 saturated heterocycles. The smallest absolute Gasteiger partial charge is 0.0303 e. The van der Waals surface area contributed by atoms with Crippen LogP contribution < -0.4 is 0 Å². The van der Waals surface area contributed by atoms with Gasteiger partial charge in [0.15, 0.2) is 0 Å². The molecular formula is C16H22N2. The summed E-state index contributed by atoms with van der Waals surface area (Å²) in [6.45, 7) is 1.28. The number of aromatic nitrogens is 1. The van der Waals surface area contributed by atoms with Gasteiger partial charge in [0.2, 0.25) is 0 Å². The van der Waals surface area contributed by atoms with Crippen molar-refractivity contribution in [2.75, 3.05) is 13.6 Å². The summed E-state index contributed by atoms with van der Waals surface area (Å²) in [5.41, 5.74) is 3.70. The molecule has 2 heteroatoms. The summed E-state index contributed by atoms with van der Waals surface area (Å²) in [7, 11) is 2.32. The van der Waals surface area contributed by atoms with E-state index in [0.29, 0.717) is 5.41 Å². The Morgan fingerprint density at radius 1 is 1.33 bits per heavy atom. The summed E-state index contributed by atoms with van der Waals surface area (Å²) in [6, 6.07) is 3.10. The summed E-state index contributed by atoms with van der Waals surface area (Å²) >= 11 is 0. The lowest BCUT2D eigenvalue weighted by Crippen LogP contribution is -2.59. The number of hydrogen-bond acceptors (Lipinski definition) is 2. The number of fused-ring (bicyclic) bond motifs is 1. The fourth-order valence-electron chi connectivity index (χ4n) is 5.05. The molecule has 0 aromatic carbocycles. The maximum atomic E-state index is 4.37. The van der Waals surface area contributed by atoms with Crippen LogP contribution in [0.2, 0.25) is 0 Å². The fourth-order valence-corrected chi connectivity index (χ4v) is 5.05. The Morgan fingerprint density at radius 2 is 2.28 bits per heavy atom. The Hall–Kier alpha value is -0.890. The minimum atomic E-state index is 0.506. The number of hydrogen-bond donors (Lipinski definition) is 0. The van der Waals surface area contributed by atoms with Gasteiger partial charge in [0, 0.05) is 23.9 Å². The molecule has 2 fully saturated rings. The van der Waals surface area contributed by atoms with Gasteiger partial charge in [-0.3, -0.25) is 4.98 Å². The molecular weight excluding hydrogens is 220 g/mol. The van der Waals surface area contributed by atoms with Crippen LogP contribution in [-0.2, 0) is 11.8 Å². The zero-order valence-electron chi connectivity index (χ0n) is 11.2. The Morgan fingerprint density at radius 3 is 3.22 bits per heavy atom. The number of nitrogens with zero attached hydrogens (tertiary/aromatic N) is 2. The molecule has 1 aromatic heterocycles. The van der Waals surface area contributed by atoms with Crippen LogP contribution in [0.4, 0.5) is 0 Å². The first kappa shape index (κ1) is 11.0. The second-order valence-electron chi connectivity index (χ2n) is 6.54. The Bertz CT molecular complexity index is 470. The van der Waals surface area contributed by atoms with Crippen molar-refractivity contribution < 1.29 is 0 Å². The molecule has 0 radical (unpaired) electrons. The molecule has 2 bridgehead atoms. The summed E-state index contributed by atoms with van der Waals surface area (Å²) in [5.74, 6) is 0.903. The van der Waals surface area contributed by atoms with Crippen molar-refractivity contribution in [1.29, 1.82) is 0 Å². The number of piperidine rings is 1. The fraction of sp³-hybridized carbons (Fsp3) is 0.688. The number of pyridine rings is 1. The molecule has 18 heavy (non-hydrogen) atoms. The van der Waals surface area contributed by atoms with E-state index in [1.165, 1.54) is 50.6 Å². The zero-order chi connectivity index (χ0) is 12.2. The number of likely N-dealkylation sites (N-methyl/N-ethyl adjacent to an activating group) is 1. The van der Waals surface area contributed by atoms with Gasteiger partial charge in [-0.25, -0.2) is 0 Å². The first-order chi connectivity index (χ1) is 8.81. The molecule has 2 aliphatic carbocycles. The predicted molar refractivity (Wildman–Crippen MR) is 72.6 cm³/mol. The summed E-state index contributed by atoms with van der Waals surface area (Å²) in [4.78, 5) is 6.98. The quantitative estimate of drug-likeness (QED) is 0.695. The van der Waals surface area contributed by atoms with Crippen molar-refractivity contribution >= 4 is 0 Å². The van der Waals surface area contributed by atoms with E-state index in [0.717, 1.165) is 12.0 Å². The van der Waals surface area contributed by atoms with E-state index in [2.05, 4.69) is 29.2 Å². The third-order valence-corrected chi connectivity index (χ3v) is 5.91. The molecule has 3 atom stereocenters. The molecule has 0 N–H and O–H groups in total. The molecule has 1 aliphatic heterocycles. The van der Waals surface area contributed by atoms with Crippen LogP contribution in [-0.4, -0.2) is 29.5 Å². The lowest BCUT2D eigenvalue weighted by atomic mass is 9.52. The van der Waals surface area contributed by atoms with Gasteiger partial charge in [-0.1, -0.05) is 12.8 Å². The molecule has 0 amide bonds. The Kier molecular flexibility index (Phi) is 2.32. The Labute approximate surface area is 109 Å². The zero-order valence-corrected chi connectivity index (χ0v) is 11.2. The second kappa shape index (κ2) is 3.80. The predicted octanol–water partition coefficient (Wildman–Crippen LogP) is 2.77. The summed E-state index contributed by atoms with van der Waals surface area (Å²) in [6.07, 6.45) is 12.5. The molecule has 0 unspecified atom stereocenters. The van der Waals surface area contributed by atoms with Crippen molar-refractivity contribution in [2.24, 2.45) is 5.92 Å². The average molecular weight is 242 g/mol. The van der Waals surface area contributed by atoms with Crippen LogP contribution in [0.25, 0.3) is 0 Å². The normalized spacial score (nSPS) is 38.9. The topological polar surface area (TPSA) is 16.1 Å². The molecule has 1 saturated carbocycles. The van der Waals surface area contributed by atoms with Gasteiger partial charge >= 0.3 is 0 Å². The number of rotatable bonds is 0. The van der Waals surface area contributed by atoms with Crippen LogP contribution in [0, 0.1) is 5.92 Å². The second-order valence-corrected chi connectivity index (χ2v) is 6.54.